The molecule has 260 valence electrons. The maximum absolute atomic E-state index is 12.5. The summed E-state index contributed by atoms with van der Waals surface area (Å²) in [6.07, 6.45) is 0.224. The molecule has 4 aromatic rings. The molecule has 2 aliphatic heterocycles. The van der Waals surface area contributed by atoms with Crippen LogP contribution in [-0.2, 0) is 35.5 Å². The SMILES string of the molecule is CC1=NCc2cc(CC(=O)C[C@H](C)c3ccccc3)nc([C@@H](C)O)c21.CC1=NCc2cc(CC(=O)C[C@H](C)c3ccccc3)nc([C@H](C)O)c21. The third kappa shape index (κ3) is 8.92. The highest BCUT2D eigenvalue weighted by atomic mass is 16.3. The van der Waals surface area contributed by atoms with Crippen molar-refractivity contribution < 1.29 is 19.8 Å². The molecule has 2 N–H and O–H groups in total. The van der Waals surface area contributed by atoms with Crippen molar-refractivity contribution in [1.82, 2.24) is 9.97 Å². The van der Waals surface area contributed by atoms with Gasteiger partial charge in [0.05, 0.1) is 36.7 Å². The molecule has 0 radical (unpaired) electrons. The lowest BCUT2D eigenvalue weighted by Crippen LogP contribution is -2.13. The molecule has 4 atom stereocenters. The number of rotatable bonds is 12. The Morgan fingerprint density at radius 2 is 0.980 bits per heavy atom. The second-order valence-electron chi connectivity index (χ2n) is 13.7. The van der Waals surface area contributed by atoms with E-state index in [9.17, 15) is 19.8 Å². The molecule has 0 spiro atoms. The van der Waals surface area contributed by atoms with Crippen molar-refractivity contribution in [3.8, 4) is 0 Å². The molecule has 0 fully saturated rings. The van der Waals surface area contributed by atoms with Gasteiger partial charge in [-0.15, -0.1) is 0 Å². The van der Waals surface area contributed by atoms with Crippen molar-refractivity contribution in [2.45, 2.75) is 104 Å². The normalized spacial score (nSPS) is 15.4. The van der Waals surface area contributed by atoms with E-state index in [1.165, 1.54) is 11.1 Å². The molecule has 50 heavy (non-hydrogen) atoms. The first-order valence-electron chi connectivity index (χ1n) is 17.5. The minimum Gasteiger partial charge on any atom is -0.387 e. The van der Waals surface area contributed by atoms with Gasteiger partial charge in [0.15, 0.2) is 0 Å². The number of ketones is 2. The highest BCUT2D eigenvalue weighted by Crippen LogP contribution is 2.29. The first kappa shape index (κ1) is 36.6. The fourth-order valence-corrected chi connectivity index (χ4v) is 6.83. The van der Waals surface area contributed by atoms with Crippen LogP contribution in [0.15, 0.2) is 82.8 Å². The molecule has 2 aromatic heterocycles. The summed E-state index contributed by atoms with van der Waals surface area (Å²) in [6.45, 7) is 12.6. The van der Waals surface area contributed by atoms with Crippen molar-refractivity contribution >= 4 is 23.0 Å². The highest BCUT2D eigenvalue weighted by molar-refractivity contribution is 6.03. The van der Waals surface area contributed by atoms with Crippen LogP contribution in [0.4, 0.5) is 0 Å². The van der Waals surface area contributed by atoms with Gasteiger partial charge in [-0.25, -0.2) is 0 Å². The zero-order valence-electron chi connectivity index (χ0n) is 30.0. The van der Waals surface area contributed by atoms with Crippen LogP contribution in [0.25, 0.3) is 0 Å². The van der Waals surface area contributed by atoms with E-state index in [2.05, 4.69) is 58.1 Å². The predicted molar refractivity (Wildman–Crippen MR) is 198 cm³/mol. The van der Waals surface area contributed by atoms with Gasteiger partial charge in [-0.2, -0.15) is 0 Å². The number of aliphatic imine (C=N–C) groups is 2. The van der Waals surface area contributed by atoms with E-state index in [1.807, 2.05) is 62.4 Å². The minimum atomic E-state index is -0.671. The number of pyridine rings is 2. The maximum Gasteiger partial charge on any atom is 0.139 e. The third-order valence-corrected chi connectivity index (χ3v) is 9.41. The molecule has 2 aliphatic rings. The number of hydrogen-bond donors (Lipinski definition) is 2. The summed E-state index contributed by atoms with van der Waals surface area (Å²) in [6, 6.07) is 24.1. The Labute approximate surface area is 295 Å². The van der Waals surface area contributed by atoms with E-state index in [0.717, 1.165) is 45.1 Å². The van der Waals surface area contributed by atoms with Crippen LogP contribution >= 0.6 is 0 Å². The number of aliphatic hydroxyl groups excluding tert-OH is 2. The van der Waals surface area contributed by atoms with Gasteiger partial charge in [0.1, 0.15) is 11.6 Å². The number of nitrogens with zero attached hydrogens (tertiary/aromatic N) is 4. The van der Waals surface area contributed by atoms with Crippen LogP contribution in [0.2, 0.25) is 0 Å². The summed E-state index contributed by atoms with van der Waals surface area (Å²) in [5.74, 6) is 0.696. The number of fused-ring (bicyclic) bond motifs is 2. The second-order valence-corrected chi connectivity index (χ2v) is 13.7. The molecule has 0 saturated carbocycles. The first-order chi connectivity index (χ1) is 23.9. The van der Waals surface area contributed by atoms with E-state index in [1.54, 1.807) is 13.8 Å². The van der Waals surface area contributed by atoms with Crippen LogP contribution in [0, 0.1) is 0 Å². The van der Waals surface area contributed by atoms with Gasteiger partial charge in [-0.1, -0.05) is 74.5 Å². The van der Waals surface area contributed by atoms with Crippen LogP contribution in [0.5, 0.6) is 0 Å². The van der Waals surface area contributed by atoms with Crippen LogP contribution in [0.1, 0.15) is 135 Å². The maximum atomic E-state index is 12.5. The lowest BCUT2D eigenvalue weighted by molar-refractivity contribution is -0.119. The van der Waals surface area contributed by atoms with E-state index >= 15 is 0 Å². The Bertz CT molecular complexity index is 1760. The average Bonchev–Trinajstić information content (AvgIpc) is 3.66. The molecule has 8 heteroatoms. The Kier molecular flexibility index (Phi) is 12.0. The lowest BCUT2D eigenvalue weighted by Gasteiger charge is -2.14. The quantitative estimate of drug-likeness (QED) is 0.160. The largest absolute Gasteiger partial charge is 0.387 e. The minimum absolute atomic E-state index is 0.163. The Hall–Kier alpha value is -4.66. The number of Topliss-reactive ketones (excluding diaryl/α,β-unsaturated/α-hetero) is 2. The van der Waals surface area contributed by atoms with Gasteiger partial charge in [0.2, 0.25) is 0 Å². The molecular formula is C42H48N4O4. The number of hydrogen-bond acceptors (Lipinski definition) is 8. The zero-order chi connectivity index (χ0) is 35.9. The molecule has 2 aromatic carbocycles. The molecule has 0 aliphatic carbocycles. The van der Waals surface area contributed by atoms with Gasteiger partial charge in [-0.05, 0) is 73.9 Å². The van der Waals surface area contributed by atoms with Crippen molar-refractivity contribution in [2.24, 2.45) is 9.98 Å². The van der Waals surface area contributed by atoms with Crippen molar-refractivity contribution in [2.75, 3.05) is 0 Å². The van der Waals surface area contributed by atoms with E-state index in [4.69, 9.17) is 0 Å². The van der Waals surface area contributed by atoms with Crippen LogP contribution in [-0.4, -0.2) is 43.2 Å². The van der Waals surface area contributed by atoms with Crippen LogP contribution in [0.3, 0.4) is 0 Å². The number of aromatic nitrogens is 2. The van der Waals surface area contributed by atoms with Crippen molar-refractivity contribution in [3.05, 3.63) is 129 Å². The smallest absolute Gasteiger partial charge is 0.139 e. The molecular weight excluding hydrogens is 624 g/mol. The number of aliphatic hydroxyl groups is 2. The standard InChI is InChI=1S/2C21H24N2O2/c2*1-13(16-7-5-4-6-8-16)9-19(25)11-18-10-17-12-22-14(2)20(17)21(23-18)15(3)24/h2*4-8,10,13,15,24H,9,11-12H2,1-3H3/t13-,15+;13-,15-/m00/s1. The molecule has 4 heterocycles. The highest BCUT2D eigenvalue weighted by Gasteiger charge is 2.24. The van der Waals surface area contributed by atoms with Gasteiger partial charge in [-0.3, -0.25) is 29.5 Å². The fraction of sp³-hybridized carbons (Fsp3) is 0.381. The van der Waals surface area contributed by atoms with Crippen molar-refractivity contribution in [1.29, 1.82) is 0 Å². The Balaban J connectivity index is 0.000000194. The summed E-state index contributed by atoms with van der Waals surface area (Å²) in [4.78, 5) is 43.0. The zero-order valence-corrected chi connectivity index (χ0v) is 30.0. The summed E-state index contributed by atoms with van der Waals surface area (Å²) < 4.78 is 0. The summed E-state index contributed by atoms with van der Waals surface area (Å²) in [5, 5.41) is 20.1. The summed E-state index contributed by atoms with van der Waals surface area (Å²) >= 11 is 0. The monoisotopic (exact) mass is 672 g/mol. The number of carbonyl (C=O) groups is 2. The molecule has 0 amide bonds. The molecule has 8 nitrogen and oxygen atoms in total. The number of benzene rings is 2. The third-order valence-electron chi connectivity index (χ3n) is 9.41. The van der Waals surface area contributed by atoms with E-state index in [0.29, 0.717) is 50.2 Å². The topological polar surface area (TPSA) is 125 Å². The van der Waals surface area contributed by atoms with Gasteiger partial charge in [0, 0.05) is 59.6 Å². The molecule has 0 saturated heterocycles. The lowest BCUT2D eigenvalue weighted by atomic mass is 9.93. The van der Waals surface area contributed by atoms with E-state index in [-0.39, 0.29) is 23.4 Å². The molecule has 6 rings (SSSR count). The molecule has 0 bridgehead atoms. The van der Waals surface area contributed by atoms with E-state index < -0.39 is 12.2 Å². The summed E-state index contributed by atoms with van der Waals surface area (Å²) in [5.41, 5.74) is 10.9. The average molecular weight is 673 g/mol. The number of carbonyl (C=O) groups excluding carboxylic acids is 2. The first-order valence-corrected chi connectivity index (χ1v) is 17.5. The van der Waals surface area contributed by atoms with Gasteiger partial charge in [0.25, 0.3) is 0 Å². The second kappa shape index (κ2) is 16.4. The fourth-order valence-electron chi connectivity index (χ4n) is 6.83. The van der Waals surface area contributed by atoms with Crippen LogP contribution < -0.4 is 0 Å². The molecule has 0 unspecified atom stereocenters. The Morgan fingerprint density at radius 3 is 1.32 bits per heavy atom. The van der Waals surface area contributed by atoms with Crippen molar-refractivity contribution in [3.63, 3.8) is 0 Å². The summed E-state index contributed by atoms with van der Waals surface area (Å²) in [7, 11) is 0. The van der Waals surface area contributed by atoms with Gasteiger partial charge < -0.3 is 10.2 Å². The van der Waals surface area contributed by atoms with Gasteiger partial charge >= 0.3 is 0 Å². The predicted octanol–water partition coefficient (Wildman–Crippen LogP) is 7.53. The Morgan fingerprint density at radius 1 is 0.620 bits per heavy atom.